The topological polar surface area (TPSA) is 116 Å². The maximum absolute atomic E-state index is 12.2. The van der Waals surface area contributed by atoms with Crippen molar-refractivity contribution in [3.05, 3.63) is 69.3 Å². The van der Waals surface area contributed by atoms with Crippen LogP contribution in [0.25, 0.3) is 0 Å². The van der Waals surface area contributed by atoms with Crippen molar-refractivity contribution < 1.29 is 28.8 Å². The Kier molecular flexibility index (Phi) is 5.35. The lowest BCUT2D eigenvalue weighted by molar-refractivity contribution is -0.385. The highest BCUT2D eigenvalue weighted by molar-refractivity contribution is 6.21. The maximum Gasteiger partial charge on any atom is 0.344 e. The number of nitrogens with zero attached hydrogens (tertiary/aromatic N) is 2. The van der Waals surface area contributed by atoms with Crippen molar-refractivity contribution in [1.29, 1.82) is 0 Å². The van der Waals surface area contributed by atoms with Crippen LogP contribution in [0.5, 0.6) is 5.75 Å². The van der Waals surface area contributed by atoms with Gasteiger partial charge < -0.3 is 9.47 Å². The number of esters is 1. The Hall–Kier alpha value is -3.75. The van der Waals surface area contributed by atoms with Crippen LogP contribution in [0, 0.1) is 17.0 Å². The van der Waals surface area contributed by atoms with Crippen molar-refractivity contribution in [2.75, 3.05) is 19.8 Å². The number of nitro benzene ring substituents is 1. The first-order chi connectivity index (χ1) is 13.4. The second kappa shape index (κ2) is 7.87. The lowest BCUT2D eigenvalue weighted by atomic mass is 10.1. The summed E-state index contributed by atoms with van der Waals surface area (Å²) in [5, 5.41) is 10.8. The van der Waals surface area contributed by atoms with Crippen LogP contribution >= 0.6 is 0 Å². The Morgan fingerprint density at radius 1 is 1.11 bits per heavy atom. The summed E-state index contributed by atoms with van der Waals surface area (Å²) in [6.45, 7) is 0.937. The van der Waals surface area contributed by atoms with Gasteiger partial charge in [0.1, 0.15) is 12.4 Å². The van der Waals surface area contributed by atoms with Gasteiger partial charge in [0.05, 0.1) is 22.6 Å². The van der Waals surface area contributed by atoms with Crippen molar-refractivity contribution in [3.63, 3.8) is 0 Å². The first-order valence-corrected chi connectivity index (χ1v) is 8.37. The summed E-state index contributed by atoms with van der Waals surface area (Å²) in [6, 6.07) is 10.6. The van der Waals surface area contributed by atoms with Gasteiger partial charge in [-0.1, -0.05) is 12.1 Å². The van der Waals surface area contributed by atoms with E-state index < -0.39 is 29.3 Å². The molecule has 9 heteroatoms. The molecule has 0 unspecified atom stereocenters. The van der Waals surface area contributed by atoms with Gasteiger partial charge in [-0.3, -0.25) is 24.6 Å². The van der Waals surface area contributed by atoms with Gasteiger partial charge in [-0.15, -0.1) is 0 Å². The summed E-state index contributed by atoms with van der Waals surface area (Å²) in [5.41, 5.74) is 1.02. The molecule has 0 N–H and O–H groups in total. The minimum absolute atomic E-state index is 0.0455. The highest BCUT2D eigenvalue weighted by atomic mass is 16.6. The Labute approximate surface area is 159 Å². The molecule has 2 amide bonds. The number of aryl methyl sites for hydroxylation is 1. The van der Waals surface area contributed by atoms with Gasteiger partial charge in [-0.2, -0.15) is 0 Å². The molecule has 1 aliphatic heterocycles. The lowest BCUT2D eigenvalue weighted by Gasteiger charge is -2.14. The average molecular weight is 384 g/mol. The molecule has 0 atom stereocenters. The SMILES string of the molecule is Cc1cc(OCC(=O)OCCN2C(=O)c3ccccc3C2=O)ccc1[N+](=O)[O-]. The van der Waals surface area contributed by atoms with Crippen LogP contribution in [0.15, 0.2) is 42.5 Å². The van der Waals surface area contributed by atoms with Gasteiger partial charge in [-0.25, -0.2) is 4.79 Å². The molecule has 28 heavy (non-hydrogen) atoms. The summed E-state index contributed by atoms with van der Waals surface area (Å²) in [7, 11) is 0. The Balaban J connectivity index is 1.47. The lowest BCUT2D eigenvalue weighted by Crippen LogP contribution is -2.33. The molecule has 0 aliphatic carbocycles. The molecular formula is C19H16N2O7. The summed E-state index contributed by atoms with van der Waals surface area (Å²) >= 11 is 0. The fourth-order valence-corrected chi connectivity index (χ4v) is 2.80. The van der Waals surface area contributed by atoms with Gasteiger partial charge in [0.2, 0.25) is 0 Å². The smallest absolute Gasteiger partial charge is 0.344 e. The van der Waals surface area contributed by atoms with E-state index in [0.29, 0.717) is 22.4 Å². The number of hydrogen-bond acceptors (Lipinski definition) is 7. The molecule has 2 aromatic rings. The summed E-state index contributed by atoms with van der Waals surface area (Å²) in [5.74, 6) is -1.24. The van der Waals surface area contributed by atoms with E-state index in [2.05, 4.69) is 0 Å². The standard InChI is InChI=1S/C19H16N2O7/c1-12-10-13(6-7-16(12)21(25)26)28-11-17(22)27-9-8-20-18(23)14-4-2-3-5-15(14)19(20)24/h2-7,10H,8-9,11H2,1H3. The third-order valence-corrected chi connectivity index (χ3v) is 4.18. The first-order valence-electron chi connectivity index (χ1n) is 8.37. The van der Waals surface area contributed by atoms with Crippen LogP contribution in [-0.4, -0.2) is 47.4 Å². The Bertz CT molecular complexity index is 936. The van der Waals surface area contributed by atoms with Crippen LogP contribution in [0.2, 0.25) is 0 Å². The van der Waals surface area contributed by atoms with E-state index in [0.717, 1.165) is 4.90 Å². The summed E-state index contributed by atoms with van der Waals surface area (Å²) in [6.07, 6.45) is 0. The van der Waals surface area contributed by atoms with E-state index in [1.807, 2.05) is 0 Å². The number of nitro groups is 1. The van der Waals surface area contributed by atoms with Crippen molar-refractivity contribution in [1.82, 2.24) is 4.90 Å². The molecule has 2 aromatic carbocycles. The molecule has 3 rings (SSSR count). The molecule has 9 nitrogen and oxygen atoms in total. The molecule has 1 aliphatic rings. The Morgan fingerprint density at radius 3 is 2.32 bits per heavy atom. The molecule has 0 saturated carbocycles. The van der Waals surface area contributed by atoms with Crippen LogP contribution in [0.4, 0.5) is 5.69 Å². The monoisotopic (exact) mass is 384 g/mol. The van der Waals surface area contributed by atoms with Crippen LogP contribution < -0.4 is 4.74 Å². The van der Waals surface area contributed by atoms with Crippen molar-refractivity contribution in [3.8, 4) is 5.75 Å². The highest BCUT2D eigenvalue weighted by Crippen LogP contribution is 2.23. The molecule has 0 fully saturated rings. The molecule has 144 valence electrons. The number of rotatable bonds is 7. The number of fused-ring (bicyclic) bond motifs is 1. The van der Waals surface area contributed by atoms with Crippen molar-refractivity contribution in [2.24, 2.45) is 0 Å². The predicted molar refractivity (Wildman–Crippen MR) is 96.1 cm³/mol. The minimum Gasteiger partial charge on any atom is -0.482 e. The van der Waals surface area contributed by atoms with Crippen molar-refractivity contribution in [2.45, 2.75) is 6.92 Å². The van der Waals surface area contributed by atoms with E-state index in [4.69, 9.17) is 9.47 Å². The number of amides is 2. The van der Waals surface area contributed by atoms with Crippen LogP contribution in [-0.2, 0) is 9.53 Å². The zero-order chi connectivity index (χ0) is 20.3. The van der Waals surface area contributed by atoms with E-state index in [1.165, 1.54) is 18.2 Å². The van der Waals surface area contributed by atoms with Gasteiger partial charge in [-0.05, 0) is 31.2 Å². The fraction of sp³-hybridized carbons (Fsp3) is 0.211. The van der Waals surface area contributed by atoms with E-state index in [9.17, 15) is 24.5 Å². The molecule has 0 radical (unpaired) electrons. The zero-order valence-corrected chi connectivity index (χ0v) is 14.9. The summed E-state index contributed by atoms with van der Waals surface area (Å²) in [4.78, 5) is 47.5. The number of hydrogen-bond donors (Lipinski definition) is 0. The normalized spacial score (nSPS) is 12.7. The highest BCUT2D eigenvalue weighted by Gasteiger charge is 2.34. The molecule has 0 saturated heterocycles. The first kappa shape index (κ1) is 19.0. The van der Waals surface area contributed by atoms with Gasteiger partial charge in [0.25, 0.3) is 17.5 Å². The van der Waals surface area contributed by atoms with E-state index in [-0.39, 0.29) is 18.8 Å². The molecule has 0 spiro atoms. The average Bonchev–Trinajstić information content (AvgIpc) is 2.91. The Morgan fingerprint density at radius 2 is 1.75 bits per heavy atom. The summed E-state index contributed by atoms with van der Waals surface area (Å²) < 4.78 is 10.2. The number of ether oxygens (including phenoxy) is 2. The number of carbonyl (C=O) groups excluding carboxylic acids is 3. The third-order valence-electron chi connectivity index (χ3n) is 4.18. The quantitative estimate of drug-likeness (QED) is 0.311. The minimum atomic E-state index is -0.687. The fourth-order valence-electron chi connectivity index (χ4n) is 2.80. The van der Waals surface area contributed by atoms with Gasteiger partial charge in [0.15, 0.2) is 6.61 Å². The molecule has 0 aromatic heterocycles. The second-order valence-corrected chi connectivity index (χ2v) is 6.02. The van der Waals surface area contributed by atoms with Crippen LogP contribution in [0.1, 0.15) is 26.3 Å². The van der Waals surface area contributed by atoms with Crippen LogP contribution in [0.3, 0.4) is 0 Å². The molecular weight excluding hydrogens is 368 g/mol. The predicted octanol–water partition coefficient (Wildman–Crippen LogP) is 2.12. The van der Waals surface area contributed by atoms with E-state index in [1.54, 1.807) is 31.2 Å². The third kappa shape index (κ3) is 3.83. The van der Waals surface area contributed by atoms with Gasteiger partial charge in [0, 0.05) is 11.6 Å². The van der Waals surface area contributed by atoms with E-state index >= 15 is 0 Å². The zero-order valence-electron chi connectivity index (χ0n) is 14.9. The number of imide groups is 1. The second-order valence-electron chi connectivity index (χ2n) is 6.02. The van der Waals surface area contributed by atoms with Crippen molar-refractivity contribution >= 4 is 23.5 Å². The largest absolute Gasteiger partial charge is 0.482 e. The number of carbonyl (C=O) groups is 3. The molecule has 1 heterocycles. The maximum atomic E-state index is 12.2. The molecule has 0 bridgehead atoms. The number of benzene rings is 2. The van der Waals surface area contributed by atoms with Gasteiger partial charge >= 0.3 is 5.97 Å².